The molecular formula is C17H15BrN4O3. The van der Waals surface area contributed by atoms with Gasteiger partial charge in [-0.3, -0.25) is 9.59 Å². The molecule has 1 heterocycles. The maximum absolute atomic E-state index is 12.9. The fraction of sp³-hybridized carbons (Fsp3) is 0.118. The first-order chi connectivity index (χ1) is 12.0. The van der Waals surface area contributed by atoms with Crippen molar-refractivity contribution in [3.63, 3.8) is 0 Å². The number of carbonyl (C=O) groups is 2. The minimum Gasteiger partial charge on any atom is -0.493 e. The van der Waals surface area contributed by atoms with Gasteiger partial charge in [-0.2, -0.15) is 0 Å². The number of primary amides is 1. The van der Waals surface area contributed by atoms with Crippen LogP contribution in [-0.2, 0) is 0 Å². The number of carbonyl (C=O) groups excluding carboxylic acids is 2. The van der Waals surface area contributed by atoms with Gasteiger partial charge in [0.05, 0.1) is 12.2 Å². The molecule has 0 aliphatic heterocycles. The van der Waals surface area contributed by atoms with E-state index in [9.17, 15) is 9.59 Å². The highest BCUT2D eigenvalue weighted by Gasteiger charge is 2.21. The number of amides is 2. The summed E-state index contributed by atoms with van der Waals surface area (Å²) in [6.45, 7) is 2.26. The molecule has 1 aromatic heterocycles. The number of hydrogen-bond donors (Lipinski definition) is 3. The molecule has 0 bridgehead atoms. The molecule has 0 unspecified atom stereocenters. The lowest BCUT2D eigenvalue weighted by Gasteiger charge is -2.13. The molecule has 0 spiro atoms. The summed E-state index contributed by atoms with van der Waals surface area (Å²) in [6, 6.07) is 11.1. The van der Waals surface area contributed by atoms with Crippen LogP contribution in [0, 0.1) is 0 Å². The summed E-state index contributed by atoms with van der Waals surface area (Å²) in [5.74, 6) is -0.600. The molecule has 7 nitrogen and oxygen atoms in total. The van der Waals surface area contributed by atoms with Gasteiger partial charge in [-0.05, 0) is 39.7 Å². The average molecular weight is 403 g/mol. The predicted octanol–water partition coefficient (Wildman–Crippen LogP) is 3.08. The van der Waals surface area contributed by atoms with Crippen molar-refractivity contribution in [1.82, 2.24) is 9.97 Å². The van der Waals surface area contributed by atoms with Crippen LogP contribution in [0.5, 0.6) is 5.75 Å². The lowest BCUT2D eigenvalue weighted by atomic mass is 10.0. The zero-order valence-electron chi connectivity index (χ0n) is 13.3. The Labute approximate surface area is 151 Å². The number of H-pyrrole nitrogens is 1. The van der Waals surface area contributed by atoms with E-state index < -0.39 is 11.8 Å². The summed E-state index contributed by atoms with van der Waals surface area (Å²) in [6.07, 6.45) is 0. The van der Waals surface area contributed by atoms with Gasteiger partial charge in [0, 0.05) is 0 Å². The zero-order chi connectivity index (χ0) is 18.0. The van der Waals surface area contributed by atoms with Gasteiger partial charge in [0.1, 0.15) is 11.6 Å². The minimum atomic E-state index is -0.750. The van der Waals surface area contributed by atoms with Crippen LogP contribution in [0.4, 0.5) is 5.82 Å². The number of rotatable bonds is 5. The van der Waals surface area contributed by atoms with E-state index in [-0.39, 0.29) is 11.5 Å². The van der Waals surface area contributed by atoms with Crippen molar-refractivity contribution >= 4 is 44.3 Å². The molecule has 0 saturated heterocycles. The Morgan fingerprint density at radius 3 is 2.76 bits per heavy atom. The Hall–Kier alpha value is -2.87. The van der Waals surface area contributed by atoms with Crippen molar-refractivity contribution in [2.75, 3.05) is 11.9 Å². The number of halogens is 1. The second-order valence-corrected chi connectivity index (χ2v) is 5.91. The maximum Gasteiger partial charge on any atom is 0.271 e. The Bertz CT molecular complexity index is 968. The van der Waals surface area contributed by atoms with Crippen LogP contribution in [0.1, 0.15) is 27.8 Å². The maximum atomic E-state index is 12.9. The van der Waals surface area contributed by atoms with Crippen molar-refractivity contribution in [3.05, 3.63) is 52.4 Å². The predicted molar refractivity (Wildman–Crippen MR) is 97.9 cm³/mol. The number of aromatic amines is 1. The molecule has 25 heavy (non-hydrogen) atoms. The zero-order valence-corrected chi connectivity index (χ0v) is 14.9. The van der Waals surface area contributed by atoms with Gasteiger partial charge in [-0.1, -0.05) is 30.3 Å². The highest BCUT2D eigenvalue weighted by atomic mass is 79.9. The first-order valence-electron chi connectivity index (χ1n) is 7.52. The highest BCUT2D eigenvalue weighted by Crippen LogP contribution is 2.29. The quantitative estimate of drug-likeness (QED) is 0.608. The summed E-state index contributed by atoms with van der Waals surface area (Å²) in [7, 11) is 0. The van der Waals surface area contributed by atoms with Crippen molar-refractivity contribution in [2.45, 2.75) is 6.92 Å². The van der Waals surface area contributed by atoms with Gasteiger partial charge in [0.25, 0.3) is 11.8 Å². The molecule has 3 aromatic rings. The molecule has 0 aliphatic rings. The van der Waals surface area contributed by atoms with Crippen LogP contribution >= 0.6 is 15.9 Å². The molecule has 3 rings (SSSR count). The van der Waals surface area contributed by atoms with Gasteiger partial charge < -0.3 is 20.8 Å². The molecule has 2 amide bonds. The minimum absolute atomic E-state index is 0.0570. The van der Waals surface area contributed by atoms with Crippen molar-refractivity contribution in [3.8, 4) is 5.75 Å². The molecular weight excluding hydrogens is 388 g/mol. The van der Waals surface area contributed by atoms with Crippen LogP contribution < -0.4 is 15.8 Å². The van der Waals surface area contributed by atoms with Crippen LogP contribution in [0.2, 0.25) is 0 Å². The van der Waals surface area contributed by atoms with E-state index >= 15 is 0 Å². The normalized spacial score (nSPS) is 10.6. The molecule has 0 fully saturated rings. The molecule has 4 N–H and O–H groups in total. The van der Waals surface area contributed by atoms with E-state index in [1.54, 1.807) is 6.07 Å². The number of aromatic nitrogens is 2. The standard InChI is InChI=1S/C17H15BrN4O3/c1-2-25-11-8-7-9-5-3-4-6-10(9)12(11)16(24)21-15-13(14(19)23)20-17(18)22-15/h3-8H,2H2,1H3,(H2,19,23)(H,20,22)(H,21,24). The second kappa shape index (κ2) is 6.94. The third-order valence-corrected chi connectivity index (χ3v) is 3.94. The number of ether oxygens (including phenoxy) is 1. The lowest BCUT2D eigenvalue weighted by molar-refractivity contribution is 0.0997. The number of imidazole rings is 1. The van der Waals surface area contributed by atoms with Crippen molar-refractivity contribution in [1.29, 1.82) is 0 Å². The van der Waals surface area contributed by atoms with E-state index in [1.165, 1.54) is 0 Å². The van der Waals surface area contributed by atoms with Crippen LogP contribution in [-0.4, -0.2) is 28.4 Å². The molecule has 0 aliphatic carbocycles. The summed E-state index contributed by atoms with van der Waals surface area (Å²) >= 11 is 3.13. The Morgan fingerprint density at radius 2 is 2.04 bits per heavy atom. The van der Waals surface area contributed by atoms with E-state index in [1.807, 2.05) is 37.3 Å². The molecule has 0 radical (unpaired) electrons. The number of benzene rings is 2. The SMILES string of the molecule is CCOc1ccc2ccccc2c1C(=O)Nc1[nH]c(Br)nc1C(N)=O. The topological polar surface area (TPSA) is 110 Å². The van der Waals surface area contributed by atoms with Crippen LogP contribution in [0.25, 0.3) is 10.8 Å². The number of nitrogens with zero attached hydrogens (tertiary/aromatic N) is 1. The first-order valence-corrected chi connectivity index (χ1v) is 8.31. The van der Waals surface area contributed by atoms with Crippen LogP contribution in [0.3, 0.4) is 0 Å². The third kappa shape index (κ3) is 3.34. The average Bonchev–Trinajstić information content (AvgIpc) is 2.95. The third-order valence-electron chi connectivity index (χ3n) is 3.56. The molecule has 0 atom stereocenters. The fourth-order valence-electron chi connectivity index (χ4n) is 2.55. The van der Waals surface area contributed by atoms with Crippen molar-refractivity contribution in [2.24, 2.45) is 5.73 Å². The Morgan fingerprint density at radius 1 is 1.28 bits per heavy atom. The molecule has 0 saturated carbocycles. The lowest BCUT2D eigenvalue weighted by Crippen LogP contribution is -2.19. The van der Waals surface area contributed by atoms with Gasteiger partial charge in [0.2, 0.25) is 0 Å². The number of fused-ring (bicyclic) bond motifs is 1. The Balaban J connectivity index is 2.07. The molecule has 8 heteroatoms. The summed E-state index contributed by atoms with van der Waals surface area (Å²) < 4.78 is 5.89. The summed E-state index contributed by atoms with van der Waals surface area (Å²) in [4.78, 5) is 31.1. The van der Waals surface area contributed by atoms with Gasteiger partial charge in [-0.15, -0.1) is 0 Å². The fourth-order valence-corrected chi connectivity index (χ4v) is 2.93. The first kappa shape index (κ1) is 17.0. The van der Waals surface area contributed by atoms with Crippen molar-refractivity contribution < 1.29 is 14.3 Å². The largest absolute Gasteiger partial charge is 0.493 e. The summed E-state index contributed by atoms with van der Waals surface area (Å²) in [5.41, 5.74) is 5.61. The van der Waals surface area contributed by atoms with E-state index in [0.29, 0.717) is 22.7 Å². The molecule has 128 valence electrons. The smallest absolute Gasteiger partial charge is 0.271 e. The monoisotopic (exact) mass is 402 g/mol. The number of hydrogen-bond acceptors (Lipinski definition) is 4. The Kier molecular flexibility index (Phi) is 4.71. The number of nitrogens with two attached hydrogens (primary N) is 1. The van der Waals surface area contributed by atoms with E-state index in [0.717, 1.165) is 10.8 Å². The van der Waals surface area contributed by atoms with Gasteiger partial charge in [0.15, 0.2) is 10.4 Å². The van der Waals surface area contributed by atoms with Gasteiger partial charge in [-0.25, -0.2) is 4.98 Å². The second-order valence-electron chi connectivity index (χ2n) is 5.16. The van der Waals surface area contributed by atoms with E-state index in [4.69, 9.17) is 10.5 Å². The summed E-state index contributed by atoms with van der Waals surface area (Å²) in [5, 5.41) is 4.29. The van der Waals surface area contributed by atoms with E-state index in [2.05, 4.69) is 31.2 Å². The number of nitrogens with one attached hydrogen (secondary N) is 2. The van der Waals surface area contributed by atoms with Gasteiger partial charge >= 0.3 is 0 Å². The molecule has 2 aromatic carbocycles. The number of anilines is 1. The highest BCUT2D eigenvalue weighted by molar-refractivity contribution is 9.10. The van der Waals surface area contributed by atoms with Crippen LogP contribution in [0.15, 0.2) is 41.1 Å².